The monoisotopic (exact) mass is 264 g/mol. The van der Waals surface area contributed by atoms with Crippen molar-refractivity contribution in [1.29, 1.82) is 0 Å². The highest BCUT2D eigenvalue weighted by Gasteiger charge is 2.23. The van der Waals surface area contributed by atoms with Crippen LogP contribution in [0.5, 0.6) is 0 Å². The summed E-state index contributed by atoms with van der Waals surface area (Å²) in [6.45, 7) is 3.43. The molecule has 7 heteroatoms. The van der Waals surface area contributed by atoms with Gasteiger partial charge in [0.25, 0.3) is 10.0 Å². The van der Waals surface area contributed by atoms with Gasteiger partial charge in [-0.25, -0.2) is 8.42 Å². The molecule has 0 bridgehead atoms. The van der Waals surface area contributed by atoms with E-state index in [2.05, 4.69) is 5.32 Å². The maximum atomic E-state index is 12.1. The first-order valence-corrected chi connectivity index (χ1v) is 6.60. The number of rotatable bonds is 6. The van der Waals surface area contributed by atoms with E-state index in [9.17, 15) is 17.2 Å². The predicted molar refractivity (Wildman–Crippen MR) is 62.4 cm³/mol. The molecule has 0 fully saturated rings. The molecule has 0 amide bonds. The Morgan fingerprint density at radius 3 is 2.29 bits per heavy atom. The number of halogens is 2. The number of benzene rings is 1. The maximum Gasteiger partial charge on any atom is 0.355 e. The van der Waals surface area contributed by atoms with Crippen molar-refractivity contribution in [1.82, 2.24) is 5.32 Å². The second-order valence-corrected chi connectivity index (χ2v) is 5.04. The lowest BCUT2D eigenvalue weighted by molar-refractivity contribution is 0.236. The normalized spacial score (nSPS) is 11.8. The van der Waals surface area contributed by atoms with E-state index >= 15 is 0 Å². The zero-order valence-corrected chi connectivity index (χ0v) is 10.1. The molecule has 2 N–H and O–H groups in total. The first kappa shape index (κ1) is 13.9. The van der Waals surface area contributed by atoms with E-state index in [1.165, 1.54) is 12.1 Å². The van der Waals surface area contributed by atoms with Crippen molar-refractivity contribution in [3.05, 3.63) is 29.8 Å². The number of alkyl halides is 2. The van der Waals surface area contributed by atoms with Crippen molar-refractivity contribution in [2.75, 3.05) is 11.3 Å². The Bertz CT molecular complexity index is 446. The molecule has 0 aliphatic carbocycles. The second-order valence-electron chi connectivity index (χ2n) is 3.38. The number of hydrogen-bond donors (Lipinski definition) is 2. The van der Waals surface area contributed by atoms with Gasteiger partial charge in [0.1, 0.15) is 0 Å². The molecule has 0 atom stereocenters. The Morgan fingerprint density at radius 2 is 1.82 bits per heavy atom. The standard InChI is InChI=1S/C10H14F2N2O2S/c1-2-13-7-8-3-5-9(6-4-8)14-17(15,16)10(11)12/h3-6,10,13-14H,2,7H2,1H3. The minimum absolute atomic E-state index is 0.130. The lowest BCUT2D eigenvalue weighted by Crippen LogP contribution is -2.20. The number of nitrogens with one attached hydrogen (secondary N) is 2. The smallest absolute Gasteiger partial charge is 0.313 e. The molecule has 96 valence electrons. The van der Waals surface area contributed by atoms with Crippen LogP contribution < -0.4 is 10.0 Å². The van der Waals surface area contributed by atoms with Crippen LogP contribution in [0, 0.1) is 0 Å². The number of hydrogen-bond acceptors (Lipinski definition) is 3. The molecule has 0 heterocycles. The highest BCUT2D eigenvalue weighted by Crippen LogP contribution is 2.14. The van der Waals surface area contributed by atoms with Gasteiger partial charge in [0.15, 0.2) is 0 Å². The molecule has 0 unspecified atom stereocenters. The van der Waals surface area contributed by atoms with Crippen LogP contribution in [0.2, 0.25) is 0 Å². The largest absolute Gasteiger partial charge is 0.355 e. The van der Waals surface area contributed by atoms with Gasteiger partial charge in [-0.2, -0.15) is 8.78 Å². The summed E-state index contributed by atoms with van der Waals surface area (Å²) in [7, 11) is -4.58. The summed E-state index contributed by atoms with van der Waals surface area (Å²) in [6, 6.07) is 6.25. The Kier molecular flexibility index (Phi) is 4.83. The minimum Gasteiger partial charge on any atom is -0.313 e. The quantitative estimate of drug-likeness (QED) is 0.823. The summed E-state index contributed by atoms with van der Waals surface area (Å²) in [6.07, 6.45) is 0. The van der Waals surface area contributed by atoms with Gasteiger partial charge in [0.05, 0.1) is 0 Å². The molecule has 17 heavy (non-hydrogen) atoms. The van der Waals surface area contributed by atoms with Gasteiger partial charge in [-0.05, 0) is 24.2 Å². The van der Waals surface area contributed by atoms with Gasteiger partial charge in [0, 0.05) is 12.2 Å². The van der Waals surface area contributed by atoms with Crippen molar-refractivity contribution >= 4 is 15.7 Å². The SMILES string of the molecule is CCNCc1ccc(NS(=O)(=O)C(F)F)cc1. The number of anilines is 1. The second kappa shape index (κ2) is 5.92. The maximum absolute atomic E-state index is 12.1. The summed E-state index contributed by atoms with van der Waals surface area (Å²) in [5.74, 6) is -3.43. The van der Waals surface area contributed by atoms with Crippen LogP contribution in [0.4, 0.5) is 14.5 Å². The Morgan fingerprint density at radius 1 is 1.24 bits per heavy atom. The van der Waals surface area contributed by atoms with Crippen LogP contribution in [0.25, 0.3) is 0 Å². The molecule has 0 aliphatic heterocycles. The van der Waals surface area contributed by atoms with Crippen molar-refractivity contribution in [2.24, 2.45) is 0 Å². The third kappa shape index (κ3) is 4.27. The molecular formula is C10H14F2N2O2S. The van der Waals surface area contributed by atoms with Gasteiger partial charge < -0.3 is 5.32 Å². The zero-order chi connectivity index (χ0) is 12.9. The van der Waals surface area contributed by atoms with Gasteiger partial charge in [0.2, 0.25) is 0 Å². The third-order valence-electron chi connectivity index (χ3n) is 2.03. The highest BCUT2D eigenvalue weighted by atomic mass is 32.2. The van der Waals surface area contributed by atoms with Crippen LogP contribution in [0.3, 0.4) is 0 Å². The van der Waals surface area contributed by atoms with E-state index in [4.69, 9.17) is 0 Å². The average Bonchev–Trinajstić information content (AvgIpc) is 2.27. The fraction of sp³-hybridized carbons (Fsp3) is 0.400. The molecule has 0 spiro atoms. The lowest BCUT2D eigenvalue weighted by Gasteiger charge is -2.08. The highest BCUT2D eigenvalue weighted by molar-refractivity contribution is 7.93. The lowest BCUT2D eigenvalue weighted by atomic mass is 10.2. The van der Waals surface area contributed by atoms with E-state index in [0.29, 0.717) is 6.54 Å². The van der Waals surface area contributed by atoms with Gasteiger partial charge in [-0.1, -0.05) is 19.1 Å². The Balaban J connectivity index is 2.69. The van der Waals surface area contributed by atoms with Crippen LogP contribution in [-0.2, 0) is 16.6 Å². The summed E-state index contributed by atoms with van der Waals surface area (Å²) in [4.78, 5) is 0. The van der Waals surface area contributed by atoms with Crippen molar-refractivity contribution < 1.29 is 17.2 Å². The average molecular weight is 264 g/mol. The predicted octanol–water partition coefficient (Wildman–Crippen LogP) is 1.76. The molecule has 1 rings (SSSR count). The van der Waals surface area contributed by atoms with E-state index in [1.54, 1.807) is 16.9 Å². The minimum atomic E-state index is -4.58. The summed E-state index contributed by atoms with van der Waals surface area (Å²) >= 11 is 0. The molecule has 1 aromatic rings. The van der Waals surface area contributed by atoms with Gasteiger partial charge in [-0.3, -0.25) is 4.72 Å². The first-order valence-electron chi connectivity index (χ1n) is 5.05. The van der Waals surface area contributed by atoms with Crippen molar-refractivity contribution in [3.63, 3.8) is 0 Å². The molecule has 0 radical (unpaired) electrons. The Labute approximate surface area is 99.1 Å². The summed E-state index contributed by atoms with van der Waals surface area (Å²) < 4.78 is 47.7. The molecular weight excluding hydrogens is 250 g/mol. The summed E-state index contributed by atoms with van der Waals surface area (Å²) in [5.41, 5.74) is 1.08. The van der Waals surface area contributed by atoms with Crippen LogP contribution in [0.15, 0.2) is 24.3 Å². The zero-order valence-electron chi connectivity index (χ0n) is 9.28. The van der Waals surface area contributed by atoms with E-state index in [1.807, 2.05) is 6.92 Å². The molecule has 0 saturated carbocycles. The molecule has 1 aromatic carbocycles. The van der Waals surface area contributed by atoms with Crippen LogP contribution >= 0.6 is 0 Å². The molecule has 0 saturated heterocycles. The van der Waals surface area contributed by atoms with E-state index in [-0.39, 0.29) is 5.69 Å². The Hall–Kier alpha value is -1.21. The van der Waals surface area contributed by atoms with Crippen LogP contribution in [-0.4, -0.2) is 20.7 Å². The third-order valence-corrected chi connectivity index (χ3v) is 3.02. The van der Waals surface area contributed by atoms with E-state index < -0.39 is 15.8 Å². The fourth-order valence-corrected chi connectivity index (χ4v) is 1.72. The van der Waals surface area contributed by atoms with Gasteiger partial charge in [-0.15, -0.1) is 0 Å². The first-order chi connectivity index (χ1) is 7.95. The van der Waals surface area contributed by atoms with Gasteiger partial charge >= 0.3 is 5.76 Å². The summed E-state index contributed by atoms with van der Waals surface area (Å²) in [5, 5.41) is 3.09. The molecule has 0 aliphatic rings. The molecule has 4 nitrogen and oxygen atoms in total. The van der Waals surface area contributed by atoms with Crippen molar-refractivity contribution in [2.45, 2.75) is 19.2 Å². The topological polar surface area (TPSA) is 58.2 Å². The number of sulfonamides is 1. The molecule has 0 aromatic heterocycles. The van der Waals surface area contributed by atoms with E-state index in [0.717, 1.165) is 12.1 Å². The fourth-order valence-electron chi connectivity index (χ4n) is 1.17. The van der Waals surface area contributed by atoms with Crippen LogP contribution in [0.1, 0.15) is 12.5 Å². The van der Waals surface area contributed by atoms with Crippen molar-refractivity contribution in [3.8, 4) is 0 Å².